The molecule has 9 nitrogen and oxygen atoms in total. The Balaban J connectivity index is 4.20. The molecular weight excluding hydrogens is 870 g/mol. The summed E-state index contributed by atoms with van der Waals surface area (Å²) in [5.74, 6) is -0.850. The molecule has 0 rings (SSSR count). The second-order valence-electron chi connectivity index (χ2n) is 19.2. The minimum atomic E-state index is -4.64. The molecular formula is C58H102NO8P. The Morgan fingerprint density at radius 1 is 0.471 bits per heavy atom. The number of hydrogen-bond acceptors (Lipinski definition) is 8. The third kappa shape index (κ3) is 52.6. The first-order valence-corrected chi connectivity index (χ1v) is 28.8. The summed E-state index contributed by atoms with van der Waals surface area (Å²) in [6, 6.07) is 0. The Morgan fingerprint density at radius 2 is 0.838 bits per heavy atom. The molecule has 0 saturated carbocycles. The second kappa shape index (κ2) is 49.2. The second-order valence-corrected chi connectivity index (χ2v) is 20.6. The number of esters is 2. The van der Waals surface area contributed by atoms with Crippen molar-refractivity contribution in [1.82, 2.24) is 0 Å². The van der Waals surface area contributed by atoms with E-state index < -0.39 is 32.5 Å². The van der Waals surface area contributed by atoms with Gasteiger partial charge in [0.15, 0.2) is 6.10 Å². The number of phosphoric ester groups is 1. The highest BCUT2D eigenvalue weighted by Gasteiger charge is 2.21. The molecule has 0 radical (unpaired) electrons. The molecule has 0 amide bonds. The summed E-state index contributed by atoms with van der Waals surface area (Å²) in [4.78, 5) is 37.8. The van der Waals surface area contributed by atoms with E-state index in [2.05, 4.69) is 98.9 Å². The quantitative estimate of drug-likeness (QED) is 0.0195. The molecule has 68 heavy (non-hydrogen) atoms. The molecule has 0 fully saturated rings. The number of nitrogens with zero attached hydrogens (tertiary/aromatic N) is 1. The lowest BCUT2D eigenvalue weighted by molar-refractivity contribution is -0.870. The number of likely N-dealkylation sites (N-methyl/N-ethyl adjacent to an activating group) is 1. The van der Waals surface area contributed by atoms with E-state index in [-0.39, 0.29) is 26.1 Å². The molecule has 0 saturated heterocycles. The van der Waals surface area contributed by atoms with E-state index >= 15 is 0 Å². The van der Waals surface area contributed by atoms with Gasteiger partial charge in [-0.1, -0.05) is 202 Å². The van der Waals surface area contributed by atoms with Crippen molar-refractivity contribution in [3.8, 4) is 0 Å². The number of phosphoric acid groups is 1. The summed E-state index contributed by atoms with van der Waals surface area (Å²) in [5.41, 5.74) is 0. The normalized spacial score (nSPS) is 14.0. The van der Waals surface area contributed by atoms with Crippen molar-refractivity contribution < 1.29 is 42.1 Å². The van der Waals surface area contributed by atoms with E-state index in [1.54, 1.807) is 0 Å². The summed E-state index contributed by atoms with van der Waals surface area (Å²) in [5, 5.41) is 0. The zero-order chi connectivity index (χ0) is 49.9. The van der Waals surface area contributed by atoms with Gasteiger partial charge in [0.1, 0.15) is 19.8 Å². The smallest absolute Gasteiger partial charge is 0.306 e. The minimum Gasteiger partial charge on any atom is -0.756 e. The highest BCUT2D eigenvalue weighted by atomic mass is 31.2. The number of unbranched alkanes of at least 4 members (excludes halogenated alkanes) is 21. The molecule has 0 spiro atoms. The maximum atomic E-state index is 12.8. The van der Waals surface area contributed by atoms with Crippen LogP contribution in [-0.2, 0) is 32.7 Å². The van der Waals surface area contributed by atoms with Gasteiger partial charge < -0.3 is 27.9 Å². The van der Waals surface area contributed by atoms with Gasteiger partial charge in [0.25, 0.3) is 7.82 Å². The predicted molar refractivity (Wildman–Crippen MR) is 286 cm³/mol. The van der Waals surface area contributed by atoms with Gasteiger partial charge in [-0.3, -0.25) is 14.2 Å². The molecule has 0 aromatic heterocycles. The molecule has 0 aliphatic carbocycles. The van der Waals surface area contributed by atoms with E-state index in [4.69, 9.17) is 18.5 Å². The summed E-state index contributed by atoms with van der Waals surface area (Å²) >= 11 is 0. The molecule has 0 aliphatic rings. The fraction of sp³-hybridized carbons (Fsp3) is 0.724. The van der Waals surface area contributed by atoms with Crippen LogP contribution in [0.4, 0.5) is 0 Å². The number of carbonyl (C=O) groups excluding carboxylic acids is 2. The maximum Gasteiger partial charge on any atom is 0.306 e. The molecule has 392 valence electrons. The van der Waals surface area contributed by atoms with Crippen molar-refractivity contribution in [2.75, 3.05) is 47.5 Å². The largest absolute Gasteiger partial charge is 0.756 e. The fourth-order valence-electron chi connectivity index (χ4n) is 7.18. The first-order chi connectivity index (χ1) is 33.0. The van der Waals surface area contributed by atoms with Crippen LogP contribution in [0.15, 0.2) is 85.1 Å². The average Bonchev–Trinajstić information content (AvgIpc) is 3.30. The van der Waals surface area contributed by atoms with Crippen LogP contribution in [0.3, 0.4) is 0 Å². The molecule has 0 heterocycles. The minimum absolute atomic E-state index is 0.0363. The Bertz CT molecular complexity index is 1420. The molecule has 2 unspecified atom stereocenters. The number of rotatable bonds is 49. The highest BCUT2D eigenvalue weighted by Crippen LogP contribution is 2.38. The van der Waals surface area contributed by atoms with Crippen molar-refractivity contribution in [2.45, 2.75) is 225 Å². The lowest BCUT2D eigenvalue weighted by Gasteiger charge is -2.28. The molecule has 0 aliphatic heterocycles. The van der Waals surface area contributed by atoms with Crippen LogP contribution in [-0.4, -0.2) is 70.0 Å². The van der Waals surface area contributed by atoms with Gasteiger partial charge in [0.05, 0.1) is 27.7 Å². The summed E-state index contributed by atoms with van der Waals surface area (Å²) in [6.07, 6.45) is 64.7. The predicted octanol–water partition coefficient (Wildman–Crippen LogP) is 16.1. The van der Waals surface area contributed by atoms with Crippen LogP contribution >= 0.6 is 7.82 Å². The standard InChI is InChI=1S/C58H102NO8P/c1-6-8-10-12-14-16-18-20-22-23-24-25-26-27-28-29-30-31-32-33-34-35-37-39-41-43-45-47-49-51-58(61)67-56(55-66-68(62,63)65-53-52-59(3,4)5)54-64-57(60)50-48-46-44-42-40-38-36-21-19-17-15-13-11-9-7-2/h8,10,14,16,20-22,24-25,27-28,30-31,36,56H,6-7,9,11-13,15,17-19,23,26,29,32-35,37-55H2,1-5H3/b10-8-,16-14-,22-20-,25-24-,28-27-,31-30-,36-21-. The van der Waals surface area contributed by atoms with Gasteiger partial charge in [0.2, 0.25) is 0 Å². The molecule has 10 heteroatoms. The first kappa shape index (κ1) is 65.2. The van der Waals surface area contributed by atoms with Gasteiger partial charge in [-0.05, 0) is 89.9 Å². The summed E-state index contributed by atoms with van der Waals surface area (Å²) in [7, 11) is 1.15. The van der Waals surface area contributed by atoms with Crippen molar-refractivity contribution >= 4 is 19.8 Å². The van der Waals surface area contributed by atoms with Crippen LogP contribution in [0, 0.1) is 0 Å². The van der Waals surface area contributed by atoms with E-state index in [0.29, 0.717) is 17.4 Å². The summed E-state index contributed by atoms with van der Waals surface area (Å²) in [6.45, 7) is 4.10. The maximum absolute atomic E-state index is 12.8. The van der Waals surface area contributed by atoms with Crippen LogP contribution < -0.4 is 4.89 Å². The van der Waals surface area contributed by atoms with Crippen molar-refractivity contribution in [3.05, 3.63) is 85.1 Å². The Kier molecular flexibility index (Phi) is 47.2. The molecule has 2 atom stereocenters. The van der Waals surface area contributed by atoms with Crippen molar-refractivity contribution in [2.24, 2.45) is 0 Å². The summed E-state index contributed by atoms with van der Waals surface area (Å²) < 4.78 is 34.1. The molecule has 0 N–H and O–H groups in total. The van der Waals surface area contributed by atoms with E-state index in [0.717, 1.165) is 103 Å². The number of ether oxygens (including phenoxy) is 2. The van der Waals surface area contributed by atoms with Crippen LogP contribution in [0.2, 0.25) is 0 Å². The lowest BCUT2D eigenvalue weighted by atomic mass is 10.0. The highest BCUT2D eigenvalue weighted by molar-refractivity contribution is 7.45. The lowest BCUT2D eigenvalue weighted by Crippen LogP contribution is -2.37. The molecule has 0 bridgehead atoms. The number of carbonyl (C=O) groups is 2. The third-order valence-corrected chi connectivity index (χ3v) is 12.4. The molecule has 0 aromatic carbocycles. The zero-order valence-corrected chi connectivity index (χ0v) is 45.2. The van der Waals surface area contributed by atoms with Gasteiger partial charge >= 0.3 is 11.9 Å². The first-order valence-electron chi connectivity index (χ1n) is 27.3. The Morgan fingerprint density at radius 3 is 1.26 bits per heavy atom. The SMILES string of the molecule is CC/C=C\C/C=C\C/C=C\C/C=C\C/C=C\C/C=C\CCCCCCCCCCCCC(=O)OC(COC(=O)CCCCCCC/C=C\CCCCCCCC)COP(=O)([O-])OCC[N+](C)(C)C. The van der Waals surface area contributed by atoms with Crippen LogP contribution in [0.5, 0.6) is 0 Å². The van der Waals surface area contributed by atoms with Gasteiger partial charge in [0, 0.05) is 12.8 Å². The Hall–Kier alpha value is -2.81. The number of hydrogen-bond donors (Lipinski definition) is 0. The fourth-order valence-corrected chi connectivity index (χ4v) is 7.91. The average molecular weight is 972 g/mol. The molecule has 0 aromatic rings. The van der Waals surface area contributed by atoms with Crippen molar-refractivity contribution in [3.63, 3.8) is 0 Å². The van der Waals surface area contributed by atoms with Gasteiger partial charge in [-0.15, -0.1) is 0 Å². The van der Waals surface area contributed by atoms with Crippen molar-refractivity contribution in [1.29, 1.82) is 0 Å². The zero-order valence-electron chi connectivity index (χ0n) is 44.3. The van der Waals surface area contributed by atoms with Crippen LogP contribution in [0.25, 0.3) is 0 Å². The van der Waals surface area contributed by atoms with E-state index in [1.807, 2.05) is 21.1 Å². The van der Waals surface area contributed by atoms with Gasteiger partial charge in [-0.25, -0.2) is 0 Å². The number of quaternary nitrogens is 1. The topological polar surface area (TPSA) is 111 Å². The van der Waals surface area contributed by atoms with E-state index in [9.17, 15) is 19.0 Å². The monoisotopic (exact) mass is 972 g/mol. The van der Waals surface area contributed by atoms with E-state index in [1.165, 1.54) is 83.5 Å². The third-order valence-electron chi connectivity index (χ3n) is 11.4. The Labute approximate surface area is 418 Å². The van der Waals surface area contributed by atoms with Crippen LogP contribution in [0.1, 0.15) is 219 Å². The van der Waals surface area contributed by atoms with Gasteiger partial charge in [-0.2, -0.15) is 0 Å². The number of allylic oxidation sites excluding steroid dienone is 14.